The highest BCUT2D eigenvalue weighted by atomic mass is 16.1. The molecule has 8 heteroatoms. The van der Waals surface area contributed by atoms with Crippen LogP contribution in [0.25, 0.3) is 22.0 Å². The lowest BCUT2D eigenvalue weighted by Crippen LogP contribution is -2.13. The summed E-state index contributed by atoms with van der Waals surface area (Å²) in [6, 6.07) is 9.04. The lowest BCUT2D eigenvalue weighted by Gasteiger charge is -2.02. The van der Waals surface area contributed by atoms with Gasteiger partial charge in [0.05, 0.1) is 5.56 Å². The van der Waals surface area contributed by atoms with Crippen LogP contribution in [-0.4, -0.2) is 29.3 Å². The van der Waals surface area contributed by atoms with Crippen molar-refractivity contribution >= 4 is 34.9 Å². The van der Waals surface area contributed by atoms with Crippen LogP contribution in [0, 0.1) is 0 Å². The fraction of sp³-hybridized carbons (Fsp3) is 0.0625. The molecule has 124 valence electrons. The van der Waals surface area contributed by atoms with E-state index in [1.165, 1.54) is 7.05 Å². The molecule has 0 saturated carbocycles. The van der Waals surface area contributed by atoms with Gasteiger partial charge in [-0.25, -0.2) is 4.98 Å². The number of nitrogens with zero attached hydrogens (tertiary/aromatic N) is 1. The lowest BCUT2D eigenvalue weighted by molar-refractivity contribution is -0.105. The molecule has 0 spiro atoms. The minimum absolute atomic E-state index is 0.254. The van der Waals surface area contributed by atoms with Gasteiger partial charge in [0, 0.05) is 22.7 Å². The average molecular weight is 326 g/mol. The van der Waals surface area contributed by atoms with Crippen molar-refractivity contribution in [2.45, 2.75) is 0 Å². The SMILES string of the molecule is CN.NC(=O)c1c(NC=O)[nH]c2cc(-c3ccc(N)nc3)ccc12. The number of anilines is 2. The van der Waals surface area contributed by atoms with Crippen LogP contribution in [0.2, 0.25) is 0 Å². The third-order valence-corrected chi connectivity index (χ3v) is 3.37. The Morgan fingerprint density at radius 3 is 2.50 bits per heavy atom. The van der Waals surface area contributed by atoms with Crippen LogP contribution in [0.1, 0.15) is 10.4 Å². The Balaban J connectivity index is 0.00000100. The number of hydrogen-bond donors (Lipinski definition) is 5. The van der Waals surface area contributed by atoms with Gasteiger partial charge in [-0.05, 0) is 30.8 Å². The van der Waals surface area contributed by atoms with Crippen molar-refractivity contribution in [2.24, 2.45) is 11.5 Å². The molecular formula is C16H18N6O2. The molecule has 3 rings (SSSR count). The molecule has 2 aromatic heterocycles. The van der Waals surface area contributed by atoms with Crippen LogP contribution >= 0.6 is 0 Å². The maximum Gasteiger partial charge on any atom is 0.253 e. The lowest BCUT2D eigenvalue weighted by atomic mass is 10.0. The summed E-state index contributed by atoms with van der Waals surface area (Å²) in [5.74, 6) is 0.112. The van der Waals surface area contributed by atoms with E-state index in [4.69, 9.17) is 11.5 Å². The van der Waals surface area contributed by atoms with Crippen molar-refractivity contribution in [2.75, 3.05) is 18.1 Å². The van der Waals surface area contributed by atoms with Crippen LogP contribution in [0.3, 0.4) is 0 Å². The summed E-state index contributed by atoms with van der Waals surface area (Å²) in [5, 5.41) is 3.09. The number of fused-ring (bicyclic) bond motifs is 1. The molecule has 0 bridgehead atoms. The van der Waals surface area contributed by atoms with Gasteiger partial charge in [-0.2, -0.15) is 0 Å². The van der Waals surface area contributed by atoms with Crippen molar-refractivity contribution < 1.29 is 9.59 Å². The number of primary amides is 1. The topological polar surface area (TPSA) is 153 Å². The first kappa shape index (κ1) is 17.0. The van der Waals surface area contributed by atoms with Crippen molar-refractivity contribution in [3.63, 3.8) is 0 Å². The molecule has 8 nitrogen and oxygen atoms in total. The maximum absolute atomic E-state index is 11.6. The molecule has 2 amide bonds. The van der Waals surface area contributed by atoms with E-state index in [9.17, 15) is 9.59 Å². The highest BCUT2D eigenvalue weighted by Gasteiger charge is 2.16. The van der Waals surface area contributed by atoms with Crippen molar-refractivity contribution in [1.82, 2.24) is 9.97 Å². The fourth-order valence-electron chi connectivity index (χ4n) is 2.38. The molecule has 1 aromatic carbocycles. The number of rotatable bonds is 4. The predicted octanol–water partition coefficient (Wildman–Crippen LogP) is 1.05. The van der Waals surface area contributed by atoms with Crippen LogP contribution in [0.4, 0.5) is 11.6 Å². The second-order valence-corrected chi connectivity index (χ2v) is 4.73. The Kier molecular flexibility index (Phi) is 5.13. The molecule has 3 aromatic rings. The van der Waals surface area contributed by atoms with Crippen LogP contribution < -0.4 is 22.5 Å². The summed E-state index contributed by atoms with van der Waals surface area (Å²) >= 11 is 0. The quantitative estimate of drug-likeness (QED) is 0.454. The fourth-order valence-corrected chi connectivity index (χ4v) is 2.38. The standard InChI is InChI=1S/C15H13N5O2.CH5N/c16-12-4-2-9(6-18-12)8-1-3-10-11(5-8)20-15(19-7-21)13(10)14(17)22;1-2/h1-7,20H,(H2,16,18)(H2,17,22)(H,19,21);2H2,1H3. The van der Waals surface area contributed by atoms with Crippen LogP contribution in [0.15, 0.2) is 36.5 Å². The number of hydrogen-bond acceptors (Lipinski definition) is 5. The number of carbonyl (C=O) groups excluding carboxylic acids is 2. The van der Waals surface area contributed by atoms with E-state index in [-0.39, 0.29) is 11.4 Å². The summed E-state index contributed by atoms with van der Waals surface area (Å²) in [6.45, 7) is 0. The summed E-state index contributed by atoms with van der Waals surface area (Å²) < 4.78 is 0. The van der Waals surface area contributed by atoms with Gasteiger partial charge in [0.25, 0.3) is 5.91 Å². The summed E-state index contributed by atoms with van der Waals surface area (Å²) in [5.41, 5.74) is 18.2. The van der Waals surface area contributed by atoms with Crippen LogP contribution in [0.5, 0.6) is 0 Å². The maximum atomic E-state index is 11.6. The molecule has 0 aliphatic carbocycles. The first-order chi connectivity index (χ1) is 11.6. The van der Waals surface area contributed by atoms with Gasteiger partial charge in [-0.15, -0.1) is 0 Å². The Labute approximate surface area is 138 Å². The number of H-pyrrole nitrogens is 1. The smallest absolute Gasteiger partial charge is 0.253 e. The third-order valence-electron chi connectivity index (χ3n) is 3.37. The average Bonchev–Trinajstić information content (AvgIpc) is 2.95. The van der Waals surface area contributed by atoms with Crippen molar-refractivity contribution in [3.8, 4) is 11.1 Å². The van der Waals surface area contributed by atoms with Gasteiger partial charge in [0.2, 0.25) is 6.41 Å². The van der Waals surface area contributed by atoms with Crippen molar-refractivity contribution in [1.29, 1.82) is 0 Å². The van der Waals surface area contributed by atoms with Gasteiger partial charge in [-0.1, -0.05) is 12.1 Å². The van der Waals surface area contributed by atoms with E-state index in [2.05, 4.69) is 21.0 Å². The number of aromatic nitrogens is 2. The second kappa shape index (κ2) is 7.25. The molecule has 0 saturated heterocycles. The van der Waals surface area contributed by atoms with Gasteiger partial charge in [-0.3, -0.25) is 9.59 Å². The molecule has 0 unspecified atom stereocenters. The Hall–Kier alpha value is -3.39. The summed E-state index contributed by atoms with van der Waals surface area (Å²) in [7, 11) is 1.50. The number of nitrogens with one attached hydrogen (secondary N) is 2. The van der Waals surface area contributed by atoms with E-state index in [1.807, 2.05) is 18.2 Å². The molecule has 0 aliphatic heterocycles. The minimum Gasteiger partial charge on any atom is -0.384 e. The number of carbonyl (C=O) groups is 2. The minimum atomic E-state index is -0.613. The molecule has 0 aliphatic rings. The Morgan fingerprint density at radius 2 is 1.92 bits per heavy atom. The van der Waals surface area contributed by atoms with E-state index < -0.39 is 5.91 Å². The zero-order valence-corrected chi connectivity index (χ0v) is 13.0. The molecular weight excluding hydrogens is 308 g/mol. The first-order valence-electron chi connectivity index (χ1n) is 7.05. The molecule has 0 radical (unpaired) electrons. The molecule has 24 heavy (non-hydrogen) atoms. The zero-order chi connectivity index (χ0) is 17.7. The first-order valence-corrected chi connectivity index (χ1v) is 7.05. The number of aromatic amines is 1. The number of pyridine rings is 1. The highest BCUT2D eigenvalue weighted by Crippen LogP contribution is 2.30. The van der Waals surface area contributed by atoms with E-state index in [1.54, 1.807) is 18.3 Å². The van der Waals surface area contributed by atoms with Gasteiger partial charge >= 0.3 is 0 Å². The molecule has 0 atom stereocenters. The number of amides is 2. The Morgan fingerprint density at radius 1 is 1.21 bits per heavy atom. The monoisotopic (exact) mass is 326 g/mol. The third kappa shape index (κ3) is 3.18. The second-order valence-electron chi connectivity index (χ2n) is 4.73. The van der Waals surface area contributed by atoms with Gasteiger partial charge < -0.3 is 27.5 Å². The van der Waals surface area contributed by atoms with Crippen molar-refractivity contribution in [3.05, 3.63) is 42.1 Å². The predicted molar refractivity (Wildman–Crippen MR) is 94.3 cm³/mol. The zero-order valence-electron chi connectivity index (χ0n) is 13.0. The van der Waals surface area contributed by atoms with Crippen LogP contribution in [-0.2, 0) is 4.79 Å². The number of nitrogen functional groups attached to an aromatic ring is 1. The summed E-state index contributed by atoms with van der Waals surface area (Å²) in [4.78, 5) is 29.3. The molecule has 0 fully saturated rings. The number of nitrogens with two attached hydrogens (primary N) is 3. The van der Waals surface area contributed by atoms with E-state index >= 15 is 0 Å². The van der Waals surface area contributed by atoms with E-state index in [0.717, 1.165) is 11.1 Å². The normalized spacial score (nSPS) is 9.92. The number of benzene rings is 1. The van der Waals surface area contributed by atoms with E-state index in [0.29, 0.717) is 23.1 Å². The van der Waals surface area contributed by atoms with Gasteiger partial charge in [0.15, 0.2) is 0 Å². The summed E-state index contributed by atoms with van der Waals surface area (Å²) in [6.07, 6.45) is 2.15. The molecule has 8 N–H and O–H groups in total. The Bertz CT molecular complexity index is 870. The highest BCUT2D eigenvalue weighted by molar-refractivity contribution is 6.12. The largest absolute Gasteiger partial charge is 0.384 e. The molecule has 2 heterocycles. The van der Waals surface area contributed by atoms with Gasteiger partial charge in [0.1, 0.15) is 11.6 Å².